The number of amides is 1. The lowest BCUT2D eigenvalue weighted by Gasteiger charge is -2.35. The van der Waals surface area contributed by atoms with Gasteiger partial charge in [-0.1, -0.05) is 25.9 Å². The summed E-state index contributed by atoms with van der Waals surface area (Å²) in [5, 5.41) is 6.77. The molecule has 1 aliphatic heterocycles. The van der Waals surface area contributed by atoms with E-state index in [9.17, 15) is 9.18 Å². The largest absolute Gasteiger partial charge is 0.369 e. The van der Waals surface area contributed by atoms with Crippen molar-refractivity contribution in [2.45, 2.75) is 26.2 Å². The van der Waals surface area contributed by atoms with Crippen molar-refractivity contribution in [1.82, 2.24) is 10.1 Å². The first kappa shape index (κ1) is 18.4. The Kier molecular flexibility index (Phi) is 5.27. The van der Waals surface area contributed by atoms with E-state index in [0.717, 1.165) is 37.6 Å². The number of carbonyl (C=O) groups is 1. The lowest BCUT2D eigenvalue weighted by atomic mass is 9.92. The van der Waals surface area contributed by atoms with Crippen molar-refractivity contribution in [2.24, 2.45) is 0 Å². The van der Waals surface area contributed by atoms with Gasteiger partial charge in [-0.2, -0.15) is 0 Å². The van der Waals surface area contributed by atoms with Crippen LogP contribution in [0.25, 0.3) is 0 Å². The predicted octanol–water partition coefficient (Wildman–Crippen LogP) is 2.87. The van der Waals surface area contributed by atoms with E-state index in [-0.39, 0.29) is 17.1 Å². The Morgan fingerprint density at radius 2 is 1.85 bits per heavy atom. The van der Waals surface area contributed by atoms with Crippen molar-refractivity contribution in [3.63, 3.8) is 0 Å². The van der Waals surface area contributed by atoms with Gasteiger partial charge in [0.2, 0.25) is 11.8 Å². The maximum Gasteiger partial charge on any atom is 0.240 e. The van der Waals surface area contributed by atoms with E-state index in [4.69, 9.17) is 4.52 Å². The first-order valence-corrected chi connectivity index (χ1v) is 8.81. The average Bonchev–Trinajstić information content (AvgIpc) is 3.05. The monoisotopic (exact) mass is 360 g/mol. The average molecular weight is 360 g/mol. The van der Waals surface area contributed by atoms with Crippen molar-refractivity contribution in [3.05, 3.63) is 41.8 Å². The molecule has 0 radical (unpaired) electrons. The maximum absolute atomic E-state index is 13.0. The Bertz CT molecular complexity index is 744. The molecule has 1 amide bonds. The van der Waals surface area contributed by atoms with Crippen LogP contribution in [0.15, 0.2) is 34.9 Å². The summed E-state index contributed by atoms with van der Waals surface area (Å²) in [6, 6.07) is 8.28. The number of hydrogen-bond donors (Lipinski definition) is 1. The van der Waals surface area contributed by atoms with Gasteiger partial charge in [-0.25, -0.2) is 4.39 Å². The third kappa shape index (κ3) is 4.60. The molecule has 140 valence electrons. The summed E-state index contributed by atoms with van der Waals surface area (Å²) in [5.74, 6) is 0.0350. The van der Waals surface area contributed by atoms with Crippen molar-refractivity contribution in [2.75, 3.05) is 42.9 Å². The fraction of sp³-hybridized carbons (Fsp3) is 0.474. The molecule has 1 saturated heterocycles. The van der Waals surface area contributed by atoms with Crippen LogP contribution < -0.4 is 10.2 Å². The Morgan fingerprint density at radius 3 is 2.42 bits per heavy atom. The number of nitrogens with zero attached hydrogens (tertiary/aromatic N) is 3. The number of hydrogen-bond acceptors (Lipinski definition) is 5. The minimum absolute atomic E-state index is 0.114. The van der Waals surface area contributed by atoms with Crippen LogP contribution >= 0.6 is 0 Å². The van der Waals surface area contributed by atoms with Gasteiger partial charge in [0.1, 0.15) is 5.82 Å². The molecule has 0 aliphatic carbocycles. The highest BCUT2D eigenvalue weighted by atomic mass is 19.1. The summed E-state index contributed by atoms with van der Waals surface area (Å²) in [7, 11) is 0. The van der Waals surface area contributed by atoms with E-state index in [0.29, 0.717) is 12.4 Å². The summed E-state index contributed by atoms with van der Waals surface area (Å²) < 4.78 is 18.2. The van der Waals surface area contributed by atoms with Gasteiger partial charge in [-0.15, -0.1) is 0 Å². The van der Waals surface area contributed by atoms with E-state index in [2.05, 4.69) is 20.3 Å². The third-order valence-electron chi connectivity index (χ3n) is 4.47. The van der Waals surface area contributed by atoms with Gasteiger partial charge < -0.3 is 9.42 Å². The quantitative estimate of drug-likeness (QED) is 0.908. The number of rotatable bonds is 4. The number of carbonyl (C=O) groups excluding carboxylic acids is 1. The van der Waals surface area contributed by atoms with Gasteiger partial charge >= 0.3 is 0 Å². The lowest BCUT2D eigenvalue weighted by Crippen LogP contribution is -2.48. The van der Waals surface area contributed by atoms with Gasteiger partial charge in [-0.05, 0) is 24.3 Å². The molecule has 2 aromatic rings. The number of piperazine rings is 1. The molecule has 0 unspecified atom stereocenters. The number of anilines is 2. The van der Waals surface area contributed by atoms with E-state index in [1.54, 1.807) is 18.2 Å². The normalized spacial score (nSPS) is 15.9. The molecule has 7 heteroatoms. The molecular weight excluding hydrogens is 335 g/mol. The maximum atomic E-state index is 13.0. The minimum atomic E-state index is -0.230. The summed E-state index contributed by atoms with van der Waals surface area (Å²) >= 11 is 0. The molecule has 0 atom stereocenters. The molecule has 1 aromatic heterocycles. The van der Waals surface area contributed by atoms with Gasteiger partial charge in [0, 0.05) is 43.3 Å². The topological polar surface area (TPSA) is 61.6 Å². The first-order valence-electron chi connectivity index (χ1n) is 8.81. The van der Waals surface area contributed by atoms with Crippen LogP contribution in [0.5, 0.6) is 0 Å². The van der Waals surface area contributed by atoms with Crippen LogP contribution in [0.1, 0.15) is 26.5 Å². The number of benzene rings is 1. The lowest BCUT2D eigenvalue weighted by molar-refractivity contribution is -0.117. The molecule has 26 heavy (non-hydrogen) atoms. The minimum Gasteiger partial charge on any atom is -0.369 e. The fourth-order valence-corrected chi connectivity index (χ4v) is 2.88. The van der Waals surface area contributed by atoms with Crippen LogP contribution in [-0.2, 0) is 10.2 Å². The van der Waals surface area contributed by atoms with Crippen molar-refractivity contribution < 1.29 is 13.7 Å². The van der Waals surface area contributed by atoms with Gasteiger partial charge in [0.05, 0.1) is 12.2 Å². The van der Waals surface area contributed by atoms with Crippen LogP contribution in [0, 0.1) is 5.82 Å². The summed E-state index contributed by atoms with van der Waals surface area (Å²) in [5.41, 5.74) is 1.69. The Hall–Kier alpha value is -2.41. The van der Waals surface area contributed by atoms with E-state index < -0.39 is 0 Å². The zero-order valence-electron chi connectivity index (χ0n) is 15.5. The smallest absolute Gasteiger partial charge is 0.240 e. The van der Waals surface area contributed by atoms with Crippen LogP contribution in [0.4, 0.5) is 16.0 Å². The van der Waals surface area contributed by atoms with E-state index in [1.165, 1.54) is 12.1 Å². The van der Waals surface area contributed by atoms with E-state index >= 15 is 0 Å². The summed E-state index contributed by atoms with van der Waals surface area (Å²) in [4.78, 5) is 16.5. The van der Waals surface area contributed by atoms with Crippen molar-refractivity contribution in [3.8, 4) is 0 Å². The number of aromatic nitrogens is 1. The molecule has 0 spiro atoms. The Labute approximate surface area is 152 Å². The molecular formula is C19H25FN4O2. The second kappa shape index (κ2) is 7.45. The second-order valence-electron chi connectivity index (χ2n) is 7.61. The predicted molar refractivity (Wildman–Crippen MR) is 98.9 cm³/mol. The highest BCUT2D eigenvalue weighted by Crippen LogP contribution is 2.23. The third-order valence-corrected chi connectivity index (χ3v) is 4.47. The number of halogens is 1. The molecule has 1 N–H and O–H groups in total. The van der Waals surface area contributed by atoms with E-state index in [1.807, 2.05) is 20.8 Å². The second-order valence-corrected chi connectivity index (χ2v) is 7.61. The molecule has 1 fully saturated rings. The van der Waals surface area contributed by atoms with Crippen LogP contribution in [0.3, 0.4) is 0 Å². The molecule has 6 nitrogen and oxygen atoms in total. The molecule has 0 saturated carbocycles. The molecule has 3 rings (SSSR count). The standard InChI is InChI=1S/C19H25FN4O2/c1-19(2,3)16-12-18(26-22-16)21-17(25)13-23-8-10-24(11-9-23)15-6-4-14(20)5-7-15/h4-7,12H,8-11,13H2,1-3H3,(H,21,25). The van der Waals surface area contributed by atoms with Gasteiger partial charge in [0.25, 0.3) is 0 Å². The molecule has 1 aliphatic rings. The highest BCUT2D eigenvalue weighted by molar-refractivity contribution is 5.91. The van der Waals surface area contributed by atoms with Crippen molar-refractivity contribution in [1.29, 1.82) is 0 Å². The number of nitrogens with one attached hydrogen (secondary N) is 1. The van der Waals surface area contributed by atoms with Gasteiger partial charge in [0.15, 0.2) is 0 Å². The summed E-state index contributed by atoms with van der Waals surface area (Å²) in [6.07, 6.45) is 0. The summed E-state index contributed by atoms with van der Waals surface area (Å²) in [6.45, 7) is 9.57. The zero-order valence-corrected chi connectivity index (χ0v) is 15.5. The molecule has 2 heterocycles. The van der Waals surface area contributed by atoms with Crippen molar-refractivity contribution >= 4 is 17.5 Å². The zero-order chi connectivity index (χ0) is 18.7. The molecule has 1 aromatic carbocycles. The fourth-order valence-electron chi connectivity index (χ4n) is 2.88. The Balaban J connectivity index is 1.47. The SMILES string of the molecule is CC(C)(C)c1cc(NC(=O)CN2CCN(c3ccc(F)cc3)CC2)on1. The first-order chi connectivity index (χ1) is 12.3. The van der Waals surface area contributed by atoms with Crippen LogP contribution in [0.2, 0.25) is 0 Å². The molecule has 0 bridgehead atoms. The van der Waals surface area contributed by atoms with Gasteiger partial charge in [-0.3, -0.25) is 15.0 Å². The Morgan fingerprint density at radius 1 is 1.19 bits per heavy atom. The van der Waals surface area contributed by atoms with Crippen LogP contribution in [-0.4, -0.2) is 48.7 Å². The highest BCUT2D eigenvalue weighted by Gasteiger charge is 2.22.